The lowest BCUT2D eigenvalue weighted by Gasteiger charge is -2.43. The number of phenols is 1. The van der Waals surface area contributed by atoms with Crippen molar-refractivity contribution in [2.24, 2.45) is 16.2 Å². The van der Waals surface area contributed by atoms with Gasteiger partial charge in [-0.25, -0.2) is 15.0 Å². The zero-order valence-electron chi connectivity index (χ0n) is 31.2. The van der Waals surface area contributed by atoms with E-state index in [-0.39, 0.29) is 35.8 Å². The summed E-state index contributed by atoms with van der Waals surface area (Å²) in [6.07, 6.45) is 0.700. The van der Waals surface area contributed by atoms with Crippen LogP contribution in [0.25, 0.3) is 34.2 Å². The summed E-state index contributed by atoms with van der Waals surface area (Å²) < 4.78 is 11.6. The molecule has 0 aliphatic rings. The van der Waals surface area contributed by atoms with Crippen LogP contribution in [0.1, 0.15) is 88.3 Å². The van der Waals surface area contributed by atoms with Gasteiger partial charge in [-0.2, -0.15) is 0 Å². The highest BCUT2D eigenvalue weighted by atomic mass is 16.6. The lowest BCUT2D eigenvalue weighted by atomic mass is 9.61. The lowest BCUT2D eigenvalue weighted by Crippen LogP contribution is -2.44. The standard InChI is InChI=1S/C41H53N3O4/c1-24-18-26(3)33(27(4)19-24)36-42-35(43-37(44-36)34-28(5)20-25(2)21-29(34)6)31-15-14-30(22-32(31)45)47-16-17-48-38(46)41(13,40(10,11)12)23-39(7,8)9/h14-15,18-22,45H,16-17,23H2,1-13H3. The van der Waals surface area contributed by atoms with Gasteiger partial charge in [0.25, 0.3) is 0 Å². The third kappa shape index (κ3) is 8.05. The second-order valence-electron chi connectivity index (χ2n) is 15.8. The average Bonchev–Trinajstić information content (AvgIpc) is 2.92. The summed E-state index contributed by atoms with van der Waals surface area (Å²) in [6, 6.07) is 13.6. The Hall–Kier alpha value is -4.26. The first-order valence-electron chi connectivity index (χ1n) is 16.8. The fourth-order valence-electron chi connectivity index (χ4n) is 6.73. The number of benzene rings is 3. The predicted molar refractivity (Wildman–Crippen MR) is 194 cm³/mol. The SMILES string of the molecule is Cc1cc(C)c(-c2nc(-c3ccc(OCCOC(=O)C(C)(CC(C)(C)C)C(C)(C)C)cc3O)nc(-c3c(C)cc(C)cc3C)n2)c(C)c1. The number of hydrogen-bond donors (Lipinski definition) is 1. The smallest absolute Gasteiger partial charge is 0.312 e. The van der Waals surface area contributed by atoms with Crippen molar-refractivity contribution in [2.75, 3.05) is 13.2 Å². The van der Waals surface area contributed by atoms with Gasteiger partial charge in [0.2, 0.25) is 0 Å². The number of aromatic nitrogens is 3. The first-order valence-corrected chi connectivity index (χ1v) is 16.8. The third-order valence-electron chi connectivity index (χ3n) is 9.22. The summed E-state index contributed by atoms with van der Waals surface area (Å²) in [6.45, 7) is 27.3. The third-order valence-corrected chi connectivity index (χ3v) is 9.22. The van der Waals surface area contributed by atoms with Gasteiger partial charge < -0.3 is 14.6 Å². The Balaban J connectivity index is 1.63. The van der Waals surface area contributed by atoms with E-state index in [0.717, 1.165) is 33.4 Å². The highest BCUT2D eigenvalue weighted by Gasteiger charge is 2.47. The van der Waals surface area contributed by atoms with Crippen molar-refractivity contribution in [3.63, 3.8) is 0 Å². The van der Waals surface area contributed by atoms with E-state index >= 15 is 0 Å². The van der Waals surface area contributed by atoms with E-state index in [1.165, 1.54) is 11.1 Å². The summed E-state index contributed by atoms with van der Waals surface area (Å²) in [5.74, 6) is 1.68. The molecule has 0 saturated heterocycles. The number of carbonyl (C=O) groups excluding carboxylic acids is 1. The largest absolute Gasteiger partial charge is 0.507 e. The van der Waals surface area contributed by atoms with Crippen LogP contribution in [0, 0.1) is 57.8 Å². The predicted octanol–water partition coefficient (Wildman–Crippen LogP) is 9.84. The summed E-state index contributed by atoms with van der Waals surface area (Å²) >= 11 is 0. The molecule has 1 N–H and O–H groups in total. The van der Waals surface area contributed by atoms with Gasteiger partial charge in [-0.05, 0) is 100 Å². The summed E-state index contributed by atoms with van der Waals surface area (Å²) in [7, 11) is 0. The van der Waals surface area contributed by atoms with Crippen LogP contribution in [-0.2, 0) is 9.53 Å². The van der Waals surface area contributed by atoms with Crippen LogP contribution in [-0.4, -0.2) is 39.2 Å². The van der Waals surface area contributed by atoms with Gasteiger partial charge in [0.1, 0.15) is 24.7 Å². The highest BCUT2D eigenvalue weighted by Crippen LogP contribution is 2.47. The number of aryl methyl sites for hydroxylation is 6. The molecule has 0 fully saturated rings. The van der Waals surface area contributed by atoms with Gasteiger partial charge in [-0.15, -0.1) is 0 Å². The summed E-state index contributed by atoms with van der Waals surface area (Å²) in [4.78, 5) is 28.1. The number of carbonyl (C=O) groups is 1. The van der Waals surface area contributed by atoms with Crippen molar-refractivity contribution in [2.45, 2.75) is 96.4 Å². The van der Waals surface area contributed by atoms with Crippen LogP contribution in [0.15, 0.2) is 42.5 Å². The highest BCUT2D eigenvalue weighted by molar-refractivity contribution is 5.77. The molecular weight excluding hydrogens is 598 g/mol. The van der Waals surface area contributed by atoms with Crippen molar-refractivity contribution >= 4 is 5.97 Å². The second-order valence-corrected chi connectivity index (χ2v) is 15.8. The zero-order valence-corrected chi connectivity index (χ0v) is 31.2. The van der Waals surface area contributed by atoms with Crippen molar-refractivity contribution in [3.8, 4) is 45.7 Å². The number of phenolic OH excluding ortho intramolecular Hbond substituents is 1. The number of aromatic hydroxyl groups is 1. The van der Waals surface area contributed by atoms with Gasteiger partial charge in [-0.1, -0.05) is 76.9 Å². The first-order chi connectivity index (χ1) is 22.2. The fourth-order valence-corrected chi connectivity index (χ4v) is 6.73. The van der Waals surface area contributed by atoms with E-state index in [2.05, 4.69) is 107 Å². The first kappa shape index (κ1) is 36.6. The maximum Gasteiger partial charge on any atom is 0.312 e. The molecule has 1 atom stereocenters. The lowest BCUT2D eigenvalue weighted by molar-refractivity contribution is -0.165. The maximum absolute atomic E-state index is 13.3. The van der Waals surface area contributed by atoms with Crippen LogP contribution in [0.2, 0.25) is 0 Å². The van der Waals surface area contributed by atoms with Gasteiger partial charge in [0.15, 0.2) is 17.5 Å². The minimum atomic E-state index is -0.654. The summed E-state index contributed by atoms with van der Waals surface area (Å²) in [5, 5.41) is 11.2. The molecule has 1 aromatic heterocycles. The van der Waals surface area contributed by atoms with Gasteiger partial charge in [0.05, 0.1) is 11.0 Å². The quantitative estimate of drug-likeness (QED) is 0.142. The van der Waals surface area contributed by atoms with E-state index in [4.69, 9.17) is 24.4 Å². The zero-order chi connectivity index (χ0) is 35.8. The molecule has 0 bridgehead atoms. The van der Waals surface area contributed by atoms with E-state index in [0.29, 0.717) is 35.2 Å². The molecule has 1 heterocycles. The van der Waals surface area contributed by atoms with Crippen molar-refractivity contribution in [1.29, 1.82) is 0 Å². The molecule has 0 spiro atoms. The van der Waals surface area contributed by atoms with E-state index < -0.39 is 5.41 Å². The second kappa shape index (κ2) is 13.7. The number of esters is 1. The average molecular weight is 652 g/mol. The van der Waals surface area contributed by atoms with Crippen molar-refractivity contribution < 1.29 is 19.4 Å². The molecule has 0 aliphatic heterocycles. The summed E-state index contributed by atoms with van der Waals surface area (Å²) in [5.41, 5.74) is 8.03. The number of rotatable bonds is 9. The Morgan fingerprint density at radius 3 is 1.54 bits per heavy atom. The molecule has 4 rings (SSSR count). The number of ether oxygens (including phenoxy) is 2. The Morgan fingerprint density at radius 2 is 1.12 bits per heavy atom. The van der Waals surface area contributed by atoms with Gasteiger partial charge in [0, 0.05) is 17.2 Å². The topological polar surface area (TPSA) is 94.4 Å². The molecule has 7 heteroatoms. The molecule has 7 nitrogen and oxygen atoms in total. The normalized spacial score (nSPS) is 13.3. The van der Waals surface area contributed by atoms with Crippen LogP contribution < -0.4 is 4.74 Å². The minimum Gasteiger partial charge on any atom is -0.507 e. The van der Waals surface area contributed by atoms with E-state index in [9.17, 15) is 9.90 Å². The molecule has 0 aliphatic carbocycles. The number of nitrogens with zero attached hydrogens (tertiary/aromatic N) is 3. The van der Waals surface area contributed by atoms with Crippen LogP contribution in [0.5, 0.6) is 11.5 Å². The Labute approximate surface area is 287 Å². The molecule has 3 aromatic carbocycles. The Kier molecular flexibility index (Phi) is 10.4. The molecule has 0 radical (unpaired) electrons. The molecule has 0 amide bonds. The van der Waals surface area contributed by atoms with E-state index in [1.54, 1.807) is 18.2 Å². The van der Waals surface area contributed by atoms with Crippen LogP contribution in [0.3, 0.4) is 0 Å². The Bertz CT molecular complexity index is 1710. The maximum atomic E-state index is 13.3. The number of hydrogen-bond acceptors (Lipinski definition) is 7. The minimum absolute atomic E-state index is 0.0206. The van der Waals surface area contributed by atoms with Crippen LogP contribution in [0.4, 0.5) is 0 Å². The molecule has 48 heavy (non-hydrogen) atoms. The molecule has 1 unspecified atom stereocenters. The molecule has 4 aromatic rings. The van der Waals surface area contributed by atoms with E-state index in [1.807, 2.05) is 6.92 Å². The monoisotopic (exact) mass is 651 g/mol. The molecular formula is C41H53N3O4. The van der Waals surface area contributed by atoms with Crippen molar-refractivity contribution in [3.05, 3.63) is 75.8 Å². The Morgan fingerprint density at radius 1 is 0.667 bits per heavy atom. The molecule has 0 saturated carbocycles. The van der Waals surface area contributed by atoms with Gasteiger partial charge >= 0.3 is 5.97 Å². The molecule has 256 valence electrons. The van der Waals surface area contributed by atoms with Crippen molar-refractivity contribution in [1.82, 2.24) is 15.0 Å². The van der Waals surface area contributed by atoms with Crippen LogP contribution >= 0.6 is 0 Å². The van der Waals surface area contributed by atoms with Gasteiger partial charge in [-0.3, -0.25) is 4.79 Å². The fraction of sp³-hybridized carbons (Fsp3) is 0.463.